The zero-order valence-electron chi connectivity index (χ0n) is 10.9. The molecule has 0 aromatic carbocycles. The number of ether oxygens (including phenoxy) is 1. The van der Waals surface area contributed by atoms with Gasteiger partial charge in [0.25, 0.3) is 0 Å². The topological polar surface area (TPSA) is 47.0 Å². The Labute approximate surface area is 113 Å². The predicted molar refractivity (Wildman–Crippen MR) is 73.3 cm³/mol. The van der Waals surface area contributed by atoms with Crippen molar-refractivity contribution in [3.05, 3.63) is 11.2 Å². The first-order valence-corrected chi connectivity index (χ1v) is 7.00. The molecule has 1 heterocycles. The van der Waals surface area contributed by atoms with Crippen LogP contribution in [0.1, 0.15) is 39.5 Å². The third-order valence-corrected chi connectivity index (χ3v) is 3.55. The summed E-state index contributed by atoms with van der Waals surface area (Å²) in [5, 5.41) is 3.54. The normalized spacial score (nSPS) is 23.7. The molecule has 0 spiro atoms. The molecule has 1 N–H and O–H groups in total. The van der Waals surface area contributed by atoms with E-state index in [1.165, 1.54) is 12.8 Å². The van der Waals surface area contributed by atoms with E-state index in [2.05, 4.69) is 22.2 Å². The lowest BCUT2D eigenvalue weighted by molar-refractivity contribution is 0.130. The Balaban J connectivity index is 2.01. The number of aromatic nitrogens is 2. The summed E-state index contributed by atoms with van der Waals surface area (Å²) in [4.78, 5) is 8.40. The van der Waals surface area contributed by atoms with E-state index in [9.17, 15) is 0 Å². The molecule has 0 amide bonds. The molecule has 0 radical (unpaired) electrons. The second-order valence-corrected chi connectivity index (χ2v) is 5.28. The number of rotatable bonds is 4. The molecule has 2 rings (SSSR count). The zero-order chi connectivity index (χ0) is 13.0. The molecule has 100 valence electrons. The van der Waals surface area contributed by atoms with Gasteiger partial charge in [0.15, 0.2) is 0 Å². The van der Waals surface area contributed by atoms with Gasteiger partial charge < -0.3 is 10.1 Å². The minimum atomic E-state index is 0.239. The van der Waals surface area contributed by atoms with E-state index in [1.54, 1.807) is 6.20 Å². The summed E-state index contributed by atoms with van der Waals surface area (Å²) >= 11 is 6.07. The van der Waals surface area contributed by atoms with Gasteiger partial charge in [0.05, 0.1) is 6.20 Å². The maximum Gasteiger partial charge on any atom is 0.237 e. The summed E-state index contributed by atoms with van der Waals surface area (Å²) in [6.45, 7) is 5.07. The van der Waals surface area contributed by atoms with Crippen LogP contribution in [0.25, 0.3) is 0 Å². The van der Waals surface area contributed by atoms with Crippen molar-refractivity contribution in [3.8, 4) is 5.88 Å². The summed E-state index contributed by atoms with van der Waals surface area (Å²) in [6.07, 6.45) is 6.42. The predicted octanol–water partition coefficient (Wildman–Crippen LogP) is 3.52. The number of hydrogen-bond donors (Lipinski definition) is 1. The third kappa shape index (κ3) is 3.48. The Bertz CT molecular complexity index is 392. The molecule has 4 nitrogen and oxygen atoms in total. The van der Waals surface area contributed by atoms with Gasteiger partial charge in [0, 0.05) is 6.54 Å². The van der Waals surface area contributed by atoms with Crippen LogP contribution in [-0.4, -0.2) is 22.6 Å². The standard InChI is InChI=1S/C13H20ClN3O/c1-3-15-13-16-8-11(14)12(17-13)18-10-6-4-9(2)5-7-10/h8-10H,3-7H2,1-2H3,(H,15,16,17). The van der Waals surface area contributed by atoms with Crippen LogP contribution in [-0.2, 0) is 0 Å². The average Bonchev–Trinajstić information content (AvgIpc) is 2.36. The van der Waals surface area contributed by atoms with Crippen LogP contribution in [0.15, 0.2) is 6.20 Å². The number of nitrogens with one attached hydrogen (secondary N) is 1. The molecule has 1 aliphatic rings. The molecule has 0 bridgehead atoms. The fourth-order valence-electron chi connectivity index (χ4n) is 2.18. The highest BCUT2D eigenvalue weighted by Crippen LogP contribution is 2.29. The van der Waals surface area contributed by atoms with Crippen LogP contribution in [0.5, 0.6) is 5.88 Å². The van der Waals surface area contributed by atoms with Gasteiger partial charge in [-0.1, -0.05) is 18.5 Å². The van der Waals surface area contributed by atoms with Crippen molar-refractivity contribution >= 4 is 17.5 Å². The molecule has 1 aromatic rings. The summed E-state index contributed by atoms with van der Waals surface area (Å²) in [5.74, 6) is 1.88. The SMILES string of the molecule is CCNc1ncc(Cl)c(OC2CCC(C)CC2)n1. The van der Waals surface area contributed by atoms with Gasteiger partial charge in [0.1, 0.15) is 11.1 Å². The maximum atomic E-state index is 6.07. The Morgan fingerprint density at radius 3 is 2.78 bits per heavy atom. The lowest BCUT2D eigenvalue weighted by Gasteiger charge is -2.26. The Morgan fingerprint density at radius 2 is 2.11 bits per heavy atom. The largest absolute Gasteiger partial charge is 0.473 e. The summed E-state index contributed by atoms with van der Waals surface area (Å²) in [5.41, 5.74) is 0. The zero-order valence-corrected chi connectivity index (χ0v) is 11.7. The second kappa shape index (κ2) is 6.23. The Morgan fingerprint density at radius 1 is 1.39 bits per heavy atom. The summed E-state index contributed by atoms with van der Waals surface area (Å²) < 4.78 is 5.90. The van der Waals surface area contributed by atoms with E-state index in [0.717, 1.165) is 25.3 Å². The highest BCUT2D eigenvalue weighted by molar-refractivity contribution is 6.31. The van der Waals surface area contributed by atoms with Crippen molar-refractivity contribution in [2.75, 3.05) is 11.9 Å². The quantitative estimate of drug-likeness (QED) is 0.909. The molecule has 1 aromatic heterocycles. The van der Waals surface area contributed by atoms with Gasteiger partial charge in [0.2, 0.25) is 11.8 Å². The van der Waals surface area contributed by atoms with E-state index in [-0.39, 0.29) is 6.10 Å². The first-order valence-electron chi connectivity index (χ1n) is 6.62. The number of halogens is 1. The monoisotopic (exact) mass is 269 g/mol. The summed E-state index contributed by atoms with van der Waals surface area (Å²) in [6, 6.07) is 0. The van der Waals surface area contributed by atoms with Crippen LogP contribution < -0.4 is 10.1 Å². The molecule has 1 aliphatic carbocycles. The number of nitrogens with zero attached hydrogens (tertiary/aromatic N) is 2. The van der Waals surface area contributed by atoms with Crippen LogP contribution in [0, 0.1) is 5.92 Å². The van der Waals surface area contributed by atoms with Crippen molar-refractivity contribution in [2.24, 2.45) is 5.92 Å². The molecule has 1 fully saturated rings. The minimum Gasteiger partial charge on any atom is -0.473 e. The summed E-state index contributed by atoms with van der Waals surface area (Å²) in [7, 11) is 0. The highest BCUT2D eigenvalue weighted by atomic mass is 35.5. The van der Waals surface area contributed by atoms with Gasteiger partial charge in [-0.05, 0) is 38.5 Å². The minimum absolute atomic E-state index is 0.239. The van der Waals surface area contributed by atoms with Gasteiger partial charge in [-0.2, -0.15) is 4.98 Å². The lowest BCUT2D eigenvalue weighted by Crippen LogP contribution is -2.23. The van der Waals surface area contributed by atoms with Crippen molar-refractivity contribution in [1.82, 2.24) is 9.97 Å². The van der Waals surface area contributed by atoms with Gasteiger partial charge >= 0.3 is 0 Å². The molecule has 0 unspecified atom stereocenters. The Kier molecular flexibility index (Phi) is 4.64. The van der Waals surface area contributed by atoms with Crippen molar-refractivity contribution in [1.29, 1.82) is 0 Å². The fourth-order valence-corrected chi connectivity index (χ4v) is 2.32. The third-order valence-electron chi connectivity index (χ3n) is 3.29. The van der Waals surface area contributed by atoms with Gasteiger partial charge in [-0.25, -0.2) is 4.98 Å². The molecule has 0 atom stereocenters. The Hall–Kier alpha value is -1.03. The average molecular weight is 270 g/mol. The van der Waals surface area contributed by atoms with E-state index >= 15 is 0 Å². The van der Waals surface area contributed by atoms with Crippen molar-refractivity contribution in [2.45, 2.75) is 45.6 Å². The van der Waals surface area contributed by atoms with Crippen LogP contribution in [0.4, 0.5) is 5.95 Å². The molecular formula is C13H20ClN3O. The van der Waals surface area contributed by atoms with Crippen LogP contribution >= 0.6 is 11.6 Å². The smallest absolute Gasteiger partial charge is 0.237 e. The van der Waals surface area contributed by atoms with Crippen molar-refractivity contribution < 1.29 is 4.74 Å². The molecule has 5 heteroatoms. The molecular weight excluding hydrogens is 250 g/mol. The molecule has 0 aliphatic heterocycles. The first-order chi connectivity index (χ1) is 8.69. The van der Waals surface area contributed by atoms with Gasteiger partial charge in [-0.15, -0.1) is 0 Å². The van der Waals surface area contributed by atoms with E-state index in [0.29, 0.717) is 16.9 Å². The molecule has 18 heavy (non-hydrogen) atoms. The first kappa shape index (κ1) is 13.4. The van der Waals surface area contributed by atoms with Crippen LogP contribution in [0.2, 0.25) is 5.02 Å². The molecule has 1 saturated carbocycles. The van der Waals surface area contributed by atoms with Crippen molar-refractivity contribution in [3.63, 3.8) is 0 Å². The second-order valence-electron chi connectivity index (χ2n) is 4.88. The van der Waals surface area contributed by atoms with E-state index in [4.69, 9.17) is 16.3 Å². The number of hydrogen-bond acceptors (Lipinski definition) is 4. The highest BCUT2D eigenvalue weighted by Gasteiger charge is 2.21. The number of anilines is 1. The van der Waals surface area contributed by atoms with E-state index < -0.39 is 0 Å². The lowest BCUT2D eigenvalue weighted by atomic mass is 9.89. The van der Waals surface area contributed by atoms with Gasteiger partial charge in [-0.3, -0.25) is 0 Å². The molecule has 0 saturated heterocycles. The van der Waals surface area contributed by atoms with E-state index in [1.807, 2.05) is 6.92 Å². The fraction of sp³-hybridized carbons (Fsp3) is 0.692. The maximum absolute atomic E-state index is 6.07. The van der Waals surface area contributed by atoms with Crippen LogP contribution in [0.3, 0.4) is 0 Å².